The lowest BCUT2D eigenvalue weighted by molar-refractivity contribution is -0.131. The van der Waals surface area contributed by atoms with Crippen LogP contribution in [0.25, 0.3) is 0 Å². The van der Waals surface area contributed by atoms with Gasteiger partial charge < -0.3 is 9.25 Å². The van der Waals surface area contributed by atoms with Gasteiger partial charge in [-0.05, 0) is 25.1 Å². The van der Waals surface area contributed by atoms with Crippen LogP contribution in [0.5, 0.6) is 0 Å². The number of amides is 2. The Morgan fingerprint density at radius 1 is 1.24 bits per heavy atom. The van der Waals surface area contributed by atoms with Crippen molar-refractivity contribution in [2.24, 2.45) is 5.16 Å². The van der Waals surface area contributed by atoms with E-state index in [2.05, 4.69) is 16.0 Å². The van der Waals surface area contributed by atoms with Gasteiger partial charge in [0.05, 0.1) is 22.6 Å². The van der Waals surface area contributed by atoms with E-state index >= 15 is 0 Å². The number of furan rings is 1. The van der Waals surface area contributed by atoms with Gasteiger partial charge in [-0.15, -0.1) is 0 Å². The lowest BCUT2D eigenvalue weighted by Crippen LogP contribution is -2.46. The van der Waals surface area contributed by atoms with E-state index in [1.807, 2.05) is 0 Å². The molecule has 0 bridgehead atoms. The first-order valence-electron chi connectivity index (χ1n) is 7.28. The summed E-state index contributed by atoms with van der Waals surface area (Å²) in [5, 5.41) is 4.81. The molecule has 0 fully saturated rings. The van der Waals surface area contributed by atoms with Gasteiger partial charge in [-0.25, -0.2) is 0 Å². The fourth-order valence-corrected chi connectivity index (χ4v) is 2.80. The van der Waals surface area contributed by atoms with Gasteiger partial charge in [0.1, 0.15) is 5.76 Å². The van der Waals surface area contributed by atoms with E-state index in [0.29, 0.717) is 32.6 Å². The Hall–Kier alpha value is -2.51. The van der Waals surface area contributed by atoms with Crippen LogP contribution in [0.2, 0.25) is 10.0 Å². The van der Waals surface area contributed by atoms with Gasteiger partial charge in [-0.2, -0.15) is 0 Å². The Kier molecular flexibility index (Phi) is 4.96. The molecule has 1 aliphatic heterocycles. The second kappa shape index (κ2) is 7.16. The van der Waals surface area contributed by atoms with Crippen LogP contribution >= 0.6 is 23.2 Å². The molecule has 2 aromatic rings. The maximum Gasteiger partial charge on any atom is 0.282 e. The number of oxime groups is 1. The molecule has 0 radical (unpaired) electrons. The van der Waals surface area contributed by atoms with Crippen LogP contribution in [0.15, 0.2) is 40.1 Å². The Labute approximate surface area is 152 Å². The second-order valence-electron chi connectivity index (χ2n) is 5.29. The molecule has 9 heteroatoms. The van der Waals surface area contributed by atoms with E-state index in [4.69, 9.17) is 32.5 Å². The third-order valence-electron chi connectivity index (χ3n) is 3.61. The van der Waals surface area contributed by atoms with Crippen molar-refractivity contribution in [2.75, 3.05) is 0 Å². The summed E-state index contributed by atoms with van der Waals surface area (Å²) in [7, 11) is 0. The standard InChI is InChI=1S/C16H13Cl2N3O4/c1-8-10(4-5-24-8)15(22)19-20-16(23)14-7-13(21-25-14)11-3-2-9(17)6-12(11)18/h2-6,14H,7H2,1H3,(H,19,22)(H,20,23)/t14-/m1/s1. The second-order valence-corrected chi connectivity index (χ2v) is 6.14. The highest BCUT2D eigenvalue weighted by Crippen LogP contribution is 2.25. The molecule has 1 aliphatic rings. The molecule has 0 saturated heterocycles. The summed E-state index contributed by atoms with van der Waals surface area (Å²) in [4.78, 5) is 29.2. The van der Waals surface area contributed by atoms with E-state index in [1.54, 1.807) is 25.1 Å². The largest absolute Gasteiger partial charge is 0.469 e. The molecule has 1 aromatic carbocycles. The number of halogens is 2. The molecule has 0 spiro atoms. The van der Waals surface area contributed by atoms with Gasteiger partial charge >= 0.3 is 0 Å². The highest BCUT2D eigenvalue weighted by atomic mass is 35.5. The molecule has 0 aliphatic carbocycles. The zero-order chi connectivity index (χ0) is 18.0. The molecule has 0 saturated carbocycles. The SMILES string of the molecule is Cc1occc1C(=O)NNC(=O)[C@H]1CC(c2ccc(Cl)cc2Cl)=NO1. The van der Waals surface area contributed by atoms with Crippen molar-refractivity contribution in [1.29, 1.82) is 0 Å². The van der Waals surface area contributed by atoms with Crippen LogP contribution in [0.1, 0.15) is 28.1 Å². The number of nitrogens with one attached hydrogen (secondary N) is 2. The van der Waals surface area contributed by atoms with E-state index in [-0.39, 0.29) is 6.42 Å². The van der Waals surface area contributed by atoms with Crippen molar-refractivity contribution in [1.82, 2.24) is 10.9 Å². The number of benzene rings is 1. The summed E-state index contributed by atoms with van der Waals surface area (Å²) in [6, 6.07) is 6.47. The molecule has 3 rings (SSSR count). The number of rotatable bonds is 3. The lowest BCUT2D eigenvalue weighted by Gasteiger charge is -2.10. The Bertz CT molecular complexity index is 863. The first-order chi connectivity index (χ1) is 12.0. The number of hydrazine groups is 1. The van der Waals surface area contributed by atoms with Crippen molar-refractivity contribution < 1.29 is 18.8 Å². The third-order valence-corrected chi connectivity index (χ3v) is 4.15. The molecule has 2 N–H and O–H groups in total. The van der Waals surface area contributed by atoms with Crippen LogP contribution in [0.3, 0.4) is 0 Å². The van der Waals surface area contributed by atoms with E-state index in [9.17, 15) is 9.59 Å². The van der Waals surface area contributed by atoms with Gasteiger partial charge in [-0.1, -0.05) is 34.4 Å². The average molecular weight is 382 g/mol. The summed E-state index contributed by atoms with van der Waals surface area (Å²) in [5.74, 6) is -0.565. The molecule has 7 nitrogen and oxygen atoms in total. The lowest BCUT2D eigenvalue weighted by atomic mass is 10.0. The summed E-state index contributed by atoms with van der Waals surface area (Å²) in [6.45, 7) is 1.65. The highest BCUT2D eigenvalue weighted by molar-refractivity contribution is 6.37. The van der Waals surface area contributed by atoms with Gasteiger partial charge in [0.25, 0.3) is 11.8 Å². The van der Waals surface area contributed by atoms with Gasteiger partial charge in [0.2, 0.25) is 6.10 Å². The fourth-order valence-electron chi connectivity index (χ4n) is 2.29. The number of hydrogen-bond acceptors (Lipinski definition) is 5. The predicted molar refractivity (Wildman–Crippen MR) is 91.5 cm³/mol. The van der Waals surface area contributed by atoms with Crippen molar-refractivity contribution in [3.63, 3.8) is 0 Å². The van der Waals surface area contributed by atoms with E-state index in [1.165, 1.54) is 12.3 Å². The predicted octanol–water partition coefficient (Wildman–Crippen LogP) is 2.85. The number of carbonyl (C=O) groups is 2. The zero-order valence-electron chi connectivity index (χ0n) is 13.0. The minimum absolute atomic E-state index is 0.216. The zero-order valence-corrected chi connectivity index (χ0v) is 14.5. The first kappa shape index (κ1) is 17.3. The minimum Gasteiger partial charge on any atom is -0.469 e. The summed E-state index contributed by atoms with van der Waals surface area (Å²) >= 11 is 12.0. The number of carbonyl (C=O) groups excluding carboxylic acids is 2. The van der Waals surface area contributed by atoms with Crippen LogP contribution in [-0.2, 0) is 9.63 Å². The molecule has 0 unspecified atom stereocenters. The molecular formula is C16H13Cl2N3O4. The van der Waals surface area contributed by atoms with Crippen molar-refractivity contribution in [3.8, 4) is 0 Å². The quantitative estimate of drug-likeness (QED) is 0.799. The first-order valence-corrected chi connectivity index (χ1v) is 8.03. The maximum atomic E-state index is 12.1. The summed E-state index contributed by atoms with van der Waals surface area (Å²) in [6.07, 6.45) is 0.739. The molecule has 130 valence electrons. The Morgan fingerprint density at radius 2 is 2.04 bits per heavy atom. The summed E-state index contributed by atoms with van der Waals surface area (Å²) < 4.78 is 5.04. The van der Waals surface area contributed by atoms with Crippen LogP contribution in [0, 0.1) is 6.92 Å². The van der Waals surface area contributed by atoms with Crippen molar-refractivity contribution >= 4 is 40.7 Å². The van der Waals surface area contributed by atoms with Crippen LogP contribution < -0.4 is 10.9 Å². The fraction of sp³-hybridized carbons (Fsp3) is 0.188. The Balaban J connectivity index is 1.57. The average Bonchev–Trinajstić information content (AvgIpc) is 3.21. The number of nitrogens with zero attached hydrogens (tertiary/aromatic N) is 1. The van der Waals surface area contributed by atoms with Crippen molar-refractivity contribution in [3.05, 3.63) is 57.5 Å². The molecule has 1 atom stereocenters. The van der Waals surface area contributed by atoms with Crippen LogP contribution in [-0.4, -0.2) is 23.6 Å². The smallest absolute Gasteiger partial charge is 0.282 e. The molecule has 25 heavy (non-hydrogen) atoms. The van der Waals surface area contributed by atoms with Gasteiger partial charge in [0, 0.05) is 17.0 Å². The normalized spacial score (nSPS) is 16.1. The maximum absolute atomic E-state index is 12.1. The summed E-state index contributed by atoms with van der Waals surface area (Å²) in [5.41, 5.74) is 6.10. The molecule has 2 amide bonds. The molecule has 2 heterocycles. The Morgan fingerprint density at radius 3 is 2.72 bits per heavy atom. The molecular weight excluding hydrogens is 369 g/mol. The van der Waals surface area contributed by atoms with E-state index in [0.717, 1.165) is 0 Å². The number of hydrogen-bond donors (Lipinski definition) is 2. The molecule has 1 aromatic heterocycles. The van der Waals surface area contributed by atoms with Gasteiger partial charge in [0.15, 0.2) is 0 Å². The third kappa shape index (κ3) is 3.78. The number of aryl methyl sites for hydroxylation is 1. The van der Waals surface area contributed by atoms with E-state index < -0.39 is 17.9 Å². The topological polar surface area (TPSA) is 92.9 Å². The highest BCUT2D eigenvalue weighted by Gasteiger charge is 2.30. The monoisotopic (exact) mass is 381 g/mol. The van der Waals surface area contributed by atoms with Crippen molar-refractivity contribution in [2.45, 2.75) is 19.4 Å². The van der Waals surface area contributed by atoms with Gasteiger partial charge in [-0.3, -0.25) is 20.4 Å². The minimum atomic E-state index is -0.868. The van der Waals surface area contributed by atoms with Crippen LogP contribution in [0.4, 0.5) is 0 Å².